The van der Waals surface area contributed by atoms with Gasteiger partial charge in [-0.15, -0.1) is 5.10 Å². The topological polar surface area (TPSA) is 91.0 Å². The van der Waals surface area contributed by atoms with Gasteiger partial charge in [0.25, 0.3) is 5.89 Å². The molecule has 74 valence electrons. The van der Waals surface area contributed by atoms with Crippen LogP contribution in [0.15, 0.2) is 38.3 Å². The molecule has 3 heterocycles. The van der Waals surface area contributed by atoms with Crippen LogP contribution in [0.25, 0.3) is 23.0 Å². The molecule has 0 aliphatic heterocycles. The smallest absolute Gasteiger partial charge is 0.251 e. The van der Waals surface area contributed by atoms with Crippen molar-refractivity contribution in [2.45, 2.75) is 0 Å². The molecule has 0 N–H and O–H groups in total. The summed E-state index contributed by atoms with van der Waals surface area (Å²) in [4.78, 5) is 3.94. The second-order valence-corrected chi connectivity index (χ2v) is 2.67. The van der Waals surface area contributed by atoms with Gasteiger partial charge in [-0.05, 0) is 0 Å². The lowest BCUT2D eigenvalue weighted by molar-refractivity contribution is 0.391. The summed E-state index contributed by atoms with van der Waals surface area (Å²) in [5, 5.41) is 10.9. The average Bonchev–Trinajstić information content (AvgIpc) is 3.01. The largest absolute Gasteiger partial charge is 0.443 e. The standard InChI is InChI=1S/C8H4N4O3/c1-3-14-11-5(1)7-6(10-12-15-7)8-9-2-4-13-8/h1-4H. The second-order valence-electron chi connectivity index (χ2n) is 2.67. The highest BCUT2D eigenvalue weighted by atomic mass is 16.5. The summed E-state index contributed by atoms with van der Waals surface area (Å²) in [6.07, 6.45) is 4.38. The maximum absolute atomic E-state index is 5.08. The predicted octanol–water partition coefficient (Wildman–Crippen LogP) is 1.38. The molecule has 0 amide bonds. The quantitative estimate of drug-likeness (QED) is 0.622. The van der Waals surface area contributed by atoms with E-state index in [0.717, 1.165) is 0 Å². The highest BCUT2D eigenvalue weighted by Gasteiger charge is 2.19. The first-order valence-electron chi connectivity index (χ1n) is 4.08. The number of nitrogens with zero attached hydrogens (tertiary/aromatic N) is 4. The zero-order valence-corrected chi connectivity index (χ0v) is 7.32. The Bertz CT molecular complexity index is 491. The molecule has 0 spiro atoms. The Hall–Kier alpha value is -2.44. The predicted molar refractivity (Wildman–Crippen MR) is 45.3 cm³/mol. The van der Waals surface area contributed by atoms with E-state index in [4.69, 9.17) is 13.5 Å². The van der Waals surface area contributed by atoms with Gasteiger partial charge in [0.15, 0.2) is 11.4 Å². The van der Waals surface area contributed by atoms with E-state index in [1.165, 1.54) is 18.7 Å². The lowest BCUT2D eigenvalue weighted by Gasteiger charge is -1.88. The van der Waals surface area contributed by atoms with Crippen LogP contribution in [0.3, 0.4) is 0 Å². The van der Waals surface area contributed by atoms with Gasteiger partial charge in [-0.25, -0.2) is 4.98 Å². The molecule has 0 aromatic carbocycles. The Morgan fingerprint density at radius 1 is 1.20 bits per heavy atom. The number of hydrogen-bond donors (Lipinski definition) is 0. The van der Waals surface area contributed by atoms with Crippen molar-refractivity contribution in [2.75, 3.05) is 0 Å². The normalized spacial score (nSPS) is 10.7. The van der Waals surface area contributed by atoms with Crippen LogP contribution in [0, 0.1) is 0 Å². The summed E-state index contributed by atoms with van der Waals surface area (Å²) in [5.41, 5.74) is 0.891. The van der Waals surface area contributed by atoms with Crippen LogP contribution in [-0.2, 0) is 0 Å². The Kier molecular flexibility index (Phi) is 1.61. The molecule has 0 bridgehead atoms. The molecule has 0 aliphatic carbocycles. The van der Waals surface area contributed by atoms with Crippen molar-refractivity contribution >= 4 is 0 Å². The fourth-order valence-electron chi connectivity index (χ4n) is 1.17. The van der Waals surface area contributed by atoms with E-state index in [1.54, 1.807) is 6.07 Å². The zero-order valence-electron chi connectivity index (χ0n) is 7.32. The average molecular weight is 204 g/mol. The third kappa shape index (κ3) is 1.21. The third-order valence-electron chi connectivity index (χ3n) is 1.79. The fraction of sp³-hybridized carbons (Fsp3) is 0. The molecule has 3 aromatic rings. The molecule has 0 fully saturated rings. The van der Waals surface area contributed by atoms with Gasteiger partial charge < -0.3 is 13.5 Å². The molecule has 3 aromatic heterocycles. The number of rotatable bonds is 2. The van der Waals surface area contributed by atoms with Gasteiger partial charge >= 0.3 is 0 Å². The minimum Gasteiger partial charge on any atom is -0.443 e. The second kappa shape index (κ2) is 3.05. The van der Waals surface area contributed by atoms with E-state index in [9.17, 15) is 0 Å². The highest BCUT2D eigenvalue weighted by Crippen LogP contribution is 2.27. The Morgan fingerprint density at radius 2 is 2.20 bits per heavy atom. The van der Waals surface area contributed by atoms with E-state index in [-0.39, 0.29) is 0 Å². The number of hydrogen-bond acceptors (Lipinski definition) is 7. The fourth-order valence-corrected chi connectivity index (χ4v) is 1.17. The van der Waals surface area contributed by atoms with Crippen LogP contribution in [0.4, 0.5) is 0 Å². The molecule has 3 rings (SSSR count). The zero-order chi connectivity index (χ0) is 10.1. The van der Waals surface area contributed by atoms with Crippen molar-refractivity contribution < 1.29 is 13.5 Å². The van der Waals surface area contributed by atoms with E-state index in [0.29, 0.717) is 23.0 Å². The molecule has 0 unspecified atom stereocenters. The highest BCUT2D eigenvalue weighted by molar-refractivity contribution is 5.68. The van der Waals surface area contributed by atoms with Crippen molar-refractivity contribution in [2.24, 2.45) is 0 Å². The molecule has 7 heteroatoms. The van der Waals surface area contributed by atoms with E-state index in [1.807, 2.05) is 0 Å². The van der Waals surface area contributed by atoms with Crippen LogP contribution in [-0.4, -0.2) is 20.5 Å². The lowest BCUT2D eigenvalue weighted by Crippen LogP contribution is -1.81. The van der Waals surface area contributed by atoms with Crippen LogP contribution in [0.5, 0.6) is 0 Å². The van der Waals surface area contributed by atoms with Crippen molar-refractivity contribution in [3.8, 4) is 23.0 Å². The van der Waals surface area contributed by atoms with Crippen molar-refractivity contribution in [1.29, 1.82) is 0 Å². The third-order valence-corrected chi connectivity index (χ3v) is 1.79. The number of aromatic nitrogens is 4. The molecule has 0 saturated heterocycles. The molecule has 0 aliphatic rings. The van der Waals surface area contributed by atoms with Gasteiger partial charge in [-0.2, -0.15) is 0 Å². The summed E-state index contributed by atoms with van der Waals surface area (Å²) in [6, 6.07) is 1.63. The van der Waals surface area contributed by atoms with Crippen LogP contribution in [0.2, 0.25) is 0 Å². The van der Waals surface area contributed by atoms with Gasteiger partial charge in [0.1, 0.15) is 12.5 Å². The van der Waals surface area contributed by atoms with Crippen molar-refractivity contribution in [1.82, 2.24) is 20.5 Å². The summed E-state index contributed by atoms with van der Waals surface area (Å²) in [5.74, 6) is 0.695. The van der Waals surface area contributed by atoms with E-state index < -0.39 is 0 Å². The molecule has 0 saturated carbocycles. The first-order valence-corrected chi connectivity index (χ1v) is 4.08. The molecule has 0 atom stereocenters. The van der Waals surface area contributed by atoms with Gasteiger partial charge in [0.2, 0.25) is 5.76 Å². The molecular formula is C8H4N4O3. The maximum atomic E-state index is 5.08. The van der Waals surface area contributed by atoms with Crippen LogP contribution >= 0.6 is 0 Å². The minimum atomic E-state index is 0.328. The molecule has 7 nitrogen and oxygen atoms in total. The molecule has 0 radical (unpaired) electrons. The molecule has 15 heavy (non-hydrogen) atoms. The van der Waals surface area contributed by atoms with Crippen LogP contribution in [0.1, 0.15) is 0 Å². The summed E-state index contributed by atoms with van der Waals surface area (Å²) < 4.78 is 14.7. The van der Waals surface area contributed by atoms with Crippen LogP contribution < -0.4 is 0 Å². The van der Waals surface area contributed by atoms with Gasteiger partial charge in [-0.1, -0.05) is 5.16 Å². The van der Waals surface area contributed by atoms with E-state index >= 15 is 0 Å². The summed E-state index contributed by atoms with van der Waals surface area (Å²) in [6.45, 7) is 0. The Labute approximate surface area is 82.7 Å². The SMILES string of the molecule is c1coc(-c2nnoc2-c2ccon2)n1. The first-order chi connectivity index (χ1) is 7.45. The van der Waals surface area contributed by atoms with Gasteiger partial charge in [0, 0.05) is 11.3 Å². The Balaban J connectivity index is 2.15. The molecular weight excluding hydrogens is 200 g/mol. The summed E-state index contributed by atoms with van der Waals surface area (Å²) in [7, 11) is 0. The van der Waals surface area contributed by atoms with Crippen molar-refractivity contribution in [3.05, 3.63) is 24.8 Å². The maximum Gasteiger partial charge on any atom is 0.251 e. The first kappa shape index (κ1) is 7.92. The minimum absolute atomic E-state index is 0.328. The van der Waals surface area contributed by atoms with Gasteiger partial charge in [0.05, 0.1) is 6.20 Å². The number of oxazole rings is 1. The monoisotopic (exact) mass is 204 g/mol. The summed E-state index contributed by atoms with van der Waals surface area (Å²) >= 11 is 0. The Morgan fingerprint density at radius 3 is 2.93 bits per heavy atom. The van der Waals surface area contributed by atoms with E-state index in [2.05, 4.69) is 20.5 Å². The van der Waals surface area contributed by atoms with Crippen molar-refractivity contribution in [3.63, 3.8) is 0 Å². The lowest BCUT2D eigenvalue weighted by atomic mass is 10.2. The van der Waals surface area contributed by atoms with Gasteiger partial charge in [-0.3, -0.25) is 0 Å².